The van der Waals surface area contributed by atoms with Crippen molar-refractivity contribution in [2.45, 2.75) is 107 Å². The van der Waals surface area contributed by atoms with Crippen molar-refractivity contribution in [1.29, 1.82) is 5.41 Å². The van der Waals surface area contributed by atoms with Crippen molar-refractivity contribution in [3.05, 3.63) is 278 Å². The molecule has 2 aliphatic rings. The van der Waals surface area contributed by atoms with E-state index in [1.807, 2.05) is 149 Å². The number of nitrogens with one attached hydrogen (secondary N) is 8. The number of aryl methyl sites for hydroxylation is 8. The Labute approximate surface area is 850 Å². The zero-order chi connectivity index (χ0) is 106. The minimum Gasteiger partial charge on any atom is -0.387 e. The standard InChI is InChI=1S/C17H24N4O.C14H20N4O.C14H17N3O.C13H16N4O.C13H17N3O.C12H12F3N3O.C11H12BrN3O.C11H12ClN3O/c1-13-19-16-12-14(6-7-15(16)17(22)20(13)2)18-8-11-21-9-4-3-5-10-21;1-10-16-13-9-11(15-7-8-17(2)3)5-6-12(13)14(19)18(10)4;1-9-16-13-7-11(15-8-10-3-4-10)5-6-12(13)14(18)17(9)2;1-8-15-11-7-9(12(14)16(2)3)5-6-10(11)13(18)17(8)4;1-4-7-14-10-5-6-11-12(8-10)15-9(2)16(3)13(11)17;1-7-17-10-5-8(16-6-12(13,14)15)3-4-9(10)11(19)18(7)2;2*1-6-14-9-5-10(13-2)8(12)4-7(9)11(16)15(6)3/h6-7,12,18H,3-5,8-11H2,1-2H3;5-6,9,15H,7-8H2,1-4H3;5-7,10,15H,3-4,8H2,1-2H3;5-7,14H,1-4H3;5-6,8,14H,4,7H2,1-3H3;3-5,16H,6H2,1-2H3;2*4-5,13H,1-3H3. The van der Waals surface area contributed by atoms with Gasteiger partial charge in [-0.25, -0.2) is 39.9 Å². The molecule has 145 heavy (non-hydrogen) atoms. The molecule has 1 saturated carbocycles. The van der Waals surface area contributed by atoms with E-state index in [0.717, 1.165) is 141 Å². The van der Waals surface area contributed by atoms with E-state index in [0.29, 0.717) is 99.3 Å². The van der Waals surface area contributed by atoms with Gasteiger partial charge in [-0.15, -0.1) is 0 Å². The van der Waals surface area contributed by atoms with Crippen LogP contribution in [0, 0.1) is 66.7 Å². The second kappa shape index (κ2) is 49.1. The summed E-state index contributed by atoms with van der Waals surface area (Å²) in [5.74, 6) is 6.74. The van der Waals surface area contributed by atoms with E-state index in [9.17, 15) is 51.5 Å². The molecule has 18 rings (SSSR count). The minimum atomic E-state index is -4.29. The first kappa shape index (κ1) is 111. The fourth-order valence-corrected chi connectivity index (χ4v) is 16.3. The van der Waals surface area contributed by atoms with Crippen LogP contribution in [0.15, 0.2) is 176 Å². The number of aromatic nitrogens is 16. The van der Waals surface area contributed by atoms with Crippen LogP contribution in [0.25, 0.3) is 87.2 Å². The van der Waals surface area contributed by atoms with Gasteiger partial charge >= 0.3 is 6.18 Å². The molecule has 1 aliphatic carbocycles. The van der Waals surface area contributed by atoms with Crippen molar-refractivity contribution < 1.29 is 13.2 Å². The van der Waals surface area contributed by atoms with E-state index in [2.05, 4.69) is 110 Å². The zero-order valence-electron chi connectivity index (χ0n) is 86.5. The Balaban J connectivity index is 0.000000158. The van der Waals surface area contributed by atoms with Gasteiger partial charge in [0.05, 0.1) is 104 Å². The molecule has 8 aromatic carbocycles. The average Bonchev–Trinajstić information content (AvgIpc) is 1.40. The Morgan fingerprint density at radius 1 is 0.393 bits per heavy atom. The highest BCUT2D eigenvalue weighted by Crippen LogP contribution is 2.31. The van der Waals surface area contributed by atoms with Crippen molar-refractivity contribution in [2.75, 3.05) is 138 Å². The van der Waals surface area contributed by atoms with Crippen LogP contribution in [0.1, 0.15) is 97.6 Å². The first-order valence-corrected chi connectivity index (χ1v) is 48.8. The monoisotopic (exact) mass is 2070 g/mol. The molecule has 9 heterocycles. The van der Waals surface area contributed by atoms with E-state index in [-0.39, 0.29) is 50.2 Å². The maximum Gasteiger partial charge on any atom is 0.405 e. The number of amidine groups is 1. The van der Waals surface area contributed by atoms with Gasteiger partial charge in [-0.3, -0.25) is 80.3 Å². The van der Waals surface area contributed by atoms with E-state index >= 15 is 0 Å². The first-order valence-electron chi connectivity index (χ1n) is 47.6. The van der Waals surface area contributed by atoms with Gasteiger partial charge in [0.15, 0.2) is 0 Å². The van der Waals surface area contributed by atoms with Crippen LogP contribution >= 0.6 is 27.5 Å². The van der Waals surface area contributed by atoms with E-state index < -0.39 is 12.7 Å². The van der Waals surface area contributed by atoms with Crippen LogP contribution in [-0.4, -0.2) is 204 Å². The van der Waals surface area contributed by atoms with Gasteiger partial charge in [0.1, 0.15) is 59.0 Å². The summed E-state index contributed by atoms with van der Waals surface area (Å²) in [6.07, 6.45) is 3.46. The Morgan fingerprint density at radius 3 is 1.01 bits per heavy atom. The molecular formula is C105H130BrClF3N27O8. The third-order valence-electron chi connectivity index (χ3n) is 25.3. The van der Waals surface area contributed by atoms with Crippen molar-refractivity contribution in [2.24, 2.45) is 62.3 Å². The quantitative estimate of drug-likeness (QED) is 0.0275. The summed E-state index contributed by atoms with van der Waals surface area (Å²) >= 11 is 9.45. The van der Waals surface area contributed by atoms with Crippen molar-refractivity contribution >= 4 is 160 Å². The molecular weight excluding hydrogens is 1940 g/mol. The molecule has 8 N–H and O–H groups in total. The maximum atomic E-state index is 12.2. The third-order valence-corrected chi connectivity index (χ3v) is 26.3. The van der Waals surface area contributed by atoms with Gasteiger partial charge < -0.3 is 51.9 Å². The molecule has 16 aromatic rings. The number of benzene rings is 8. The van der Waals surface area contributed by atoms with Crippen LogP contribution in [0.4, 0.5) is 53.0 Å². The highest BCUT2D eigenvalue weighted by molar-refractivity contribution is 9.10. The molecule has 1 saturated heterocycles. The Hall–Kier alpha value is -14.6. The lowest BCUT2D eigenvalue weighted by molar-refractivity contribution is -0.115. The number of halogens is 5. The summed E-state index contributed by atoms with van der Waals surface area (Å²) in [5.41, 5.74) is 11.9. The van der Waals surface area contributed by atoms with Gasteiger partial charge in [0, 0.05) is 162 Å². The van der Waals surface area contributed by atoms with Gasteiger partial charge in [-0.05, 0) is 264 Å². The van der Waals surface area contributed by atoms with Crippen LogP contribution in [-0.2, 0) is 56.4 Å². The number of hydrogen-bond acceptors (Lipinski definition) is 26. The fourth-order valence-electron chi connectivity index (χ4n) is 15.5. The Morgan fingerprint density at radius 2 is 0.690 bits per heavy atom. The predicted octanol–water partition coefficient (Wildman–Crippen LogP) is 14.8. The number of alkyl halides is 3. The maximum absolute atomic E-state index is 12.2. The summed E-state index contributed by atoms with van der Waals surface area (Å²) in [5, 5.41) is 35.0. The van der Waals surface area contributed by atoms with Gasteiger partial charge in [0.25, 0.3) is 44.5 Å². The topological polar surface area (TPSA) is 397 Å². The summed E-state index contributed by atoms with van der Waals surface area (Å²) < 4.78 is 49.5. The van der Waals surface area contributed by atoms with Crippen LogP contribution in [0.3, 0.4) is 0 Å². The molecule has 0 radical (unpaired) electrons. The van der Waals surface area contributed by atoms with Gasteiger partial charge in [0.2, 0.25) is 0 Å². The van der Waals surface area contributed by atoms with E-state index in [1.54, 1.807) is 148 Å². The Bertz CT molecular complexity index is 7910. The molecule has 40 heteroatoms. The molecule has 0 atom stereocenters. The number of anilines is 7. The largest absolute Gasteiger partial charge is 0.405 e. The highest BCUT2D eigenvalue weighted by Gasteiger charge is 2.27. The van der Waals surface area contributed by atoms with Crippen molar-refractivity contribution in [3.63, 3.8) is 0 Å². The molecule has 768 valence electrons. The van der Waals surface area contributed by atoms with Crippen molar-refractivity contribution in [3.8, 4) is 0 Å². The summed E-state index contributed by atoms with van der Waals surface area (Å²) in [7, 11) is 25.0. The molecule has 0 unspecified atom stereocenters. The summed E-state index contributed by atoms with van der Waals surface area (Å²) in [6.45, 7) is 23.7. The molecule has 35 nitrogen and oxygen atoms in total. The summed E-state index contributed by atoms with van der Waals surface area (Å²) in [4.78, 5) is 138. The first-order chi connectivity index (χ1) is 68.7. The van der Waals surface area contributed by atoms with Crippen LogP contribution in [0.5, 0.6) is 0 Å². The predicted molar refractivity (Wildman–Crippen MR) is 586 cm³/mol. The van der Waals surface area contributed by atoms with Crippen molar-refractivity contribution in [1.82, 2.24) is 91.1 Å². The molecule has 8 aromatic heterocycles. The van der Waals surface area contributed by atoms with Gasteiger partial charge in [-0.2, -0.15) is 13.2 Å². The summed E-state index contributed by atoms with van der Waals surface area (Å²) in [6, 6.07) is 39.7. The molecule has 0 bridgehead atoms. The normalized spacial score (nSPS) is 12.3. The van der Waals surface area contributed by atoms with Crippen LogP contribution < -0.4 is 81.7 Å². The number of nitrogens with zero attached hydrogens (tertiary/aromatic N) is 19. The number of likely N-dealkylation sites (N-methyl/N-ethyl adjacent to an activating group) is 1. The molecule has 1 aliphatic heterocycles. The zero-order valence-corrected chi connectivity index (χ0v) is 88.9. The number of piperidine rings is 1. The molecule has 0 amide bonds. The SMILES string of the molecule is CCCNc1ccc2c(=O)n(C)c(C)nc2c1.CNc1cc2nc(C)n(C)c(=O)c2cc1Br.CNc1cc2nc(C)n(C)c(=O)c2cc1Cl.Cc1nc2cc(C(=N)N(C)C)ccc2c(=O)n1C.Cc1nc2cc(NCC(F)(F)F)ccc2c(=O)n1C.Cc1nc2cc(NCC3CC3)ccc2c(=O)n1C.Cc1nc2cc(NCCN(C)C)ccc2c(=O)n1C.Cc1nc2cc(NCCN3CCCCC3)ccc2c(=O)n1C. The van der Waals surface area contributed by atoms with E-state index in [4.69, 9.17) is 17.0 Å². The third kappa shape index (κ3) is 28.1. The lowest BCUT2D eigenvalue weighted by atomic mass is 10.1. The number of fused-ring (bicyclic) bond motifs is 8. The minimum absolute atomic E-state index is 0.00217. The fraction of sp³-hybridized carbons (Fsp3) is 0.381. The highest BCUT2D eigenvalue weighted by atomic mass is 79.9. The number of likely N-dealkylation sites (tertiary alicyclic amines) is 1. The molecule has 2 fully saturated rings. The number of hydrogen-bond donors (Lipinski definition) is 8. The average molecular weight is 2070 g/mol. The second-order valence-electron chi connectivity index (χ2n) is 36.3. The second-order valence-corrected chi connectivity index (χ2v) is 37.6. The Kier molecular flexibility index (Phi) is 37.5. The lowest BCUT2D eigenvalue weighted by Gasteiger charge is -2.26. The van der Waals surface area contributed by atoms with Crippen LogP contribution in [0.2, 0.25) is 5.02 Å². The smallest absolute Gasteiger partial charge is 0.387 e. The molecule has 0 spiro atoms. The lowest BCUT2D eigenvalue weighted by Crippen LogP contribution is -2.33. The van der Waals surface area contributed by atoms with E-state index in [1.165, 1.54) is 77.1 Å². The van der Waals surface area contributed by atoms with Gasteiger partial charge in [-0.1, -0.05) is 31.0 Å². The number of rotatable bonds is 19.